The van der Waals surface area contributed by atoms with Crippen molar-refractivity contribution in [3.05, 3.63) is 17.5 Å². The molecule has 0 spiro atoms. The van der Waals surface area contributed by atoms with Crippen molar-refractivity contribution in [3.8, 4) is 0 Å². The van der Waals surface area contributed by atoms with Crippen LogP contribution in [0.5, 0.6) is 0 Å². The Morgan fingerprint density at radius 1 is 1.41 bits per heavy atom. The van der Waals surface area contributed by atoms with Crippen LogP contribution in [0.4, 0.5) is 5.82 Å². The van der Waals surface area contributed by atoms with Gasteiger partial charge in [-0.25, -0.2) is 9.97 Å². The van der Waals surface area contributed by atoms with Crippen molar-refractivity contribution in [1.29, 1.82) is 0 Å². The molecule has 1 aromatic rings. The second kappa shape index (κ2) is 5.67. The highest BCUT2D eigenvalue weighted by atomic mass is 35.5. The van der Waals surface area contributed by atoms with Gasteiger partial charge in [-0.2, -0.15) is 0 Å². The average molecular weight is 254 g/mol. The molecular weight excluding hydrogens is 234 g/mol. The summed E-state index contributed by atoms with van der Waals surface area (Å²) in [5.41, 5.74) is 0. The largest absolute Gasteiger partial charge is 0.353 e. The Morgan fingerprint density at radius 2 is 2.12 bits per heavy atom. The summed E-state index contributed by atoms with van der Waals surface area (Å²) in [6, 6.07) is 2.59. The lowest BCUT2D eigenvalue weighted by Gasteiger charge is -2.31. The van der Waals surface area contributed by atoms with E-state index in [2.05, 4.69) is 28.7 Å². The Hall–Kier alpha value is -0.830. The van der Waals surface area contributed by atoms with Crippen molar-refractivity contribution in [2.45, 2.75) is 45.6 Å². The number of nitrogens with zero attached hydrogens (tertiary/aromatic N) is 3. The third-order valence-corrected chi connectivity index (χ3v) is 3.42. The van der Waals surface area contributed by atoms with Gasteiger partial charge in [-0.1, -0.05) is 26.7 Å². The zero-order valence-corrected chi connectivity index (χ0v) is 11.3. The molecule has 1 saturated carbocycles. The van der Waals surface area contributed by atoms with E-state index in [-0.39, 0.29) is 0 Å². The molecule has 0 aromatic carbocycles. The van der Waals surface area contributed by atoms with Gasteiger partial charge < -0.3 is 4.90 Å². The maximum absolute atomic E-state index is 5.88. The first-order chi connectivity index (χ1) is 8.16. The smallest absolute Gasteiger partial charge is 0.224 e. The molecule has 4 heteroatoms. The number of halogens is 1. The molecule has 0 saturated heterocycles. The van der Waals surface area contributed by atoms with Gasteiger partial charge in [-0.15, -0.1) is 0 Å². The number of rotatable bonds is 4. The van der Waals surface area contributed by atoms with Crippen molar-refractivity contribution >= 4 is 17.4 Å². The van der Waals surface area contributed by atoms with Gasteiger partial charge in [0, 0.05) is 18.8 Å². The van der Waals surface area contributed by atoms with Gasteiger partial charge in [0.15, 0.2) is 0 Å². The molecule has 1 aliphatic rings. The topological polar surface area (TPSA) is 29.0 Å². The van der Waals surface area contributed by atoms with E-state index in [1.165, 1.54) is 25.7 Å². The Morgan fingerprint density at radius 3 is 2.71 bits per heavy atom. The molecule has 0 N–H and O–H groups in total. The maximum Gasteiger partial charge on any atom is 0.224 e. The zero-order valence-electron chi connectivity index (χ0n) is 10.6. The fourth-order valence-electron chi connectivity index (χ4n) is 2.53. The lowest BCUT2D eigenvalue weighted by molar-refractivity contribution is 0.531. The molecule has 1 heterocycles. The van der Waals surface area contributed by atoms with E-state index in [4.69, 9.17) is 11.6 Å². The van der Waals surface area contributed by atoms with Crippen LogP contribution in [0.2, 0.25) is 5.28 Å². The number of hydrogen-bond acceptors (Lipinski definition) is 3. The molecule has 0 aliphatic heterocycles. The van der Waals surface area contributed by atoms with Crippen LogP contribution in [-0.2, 0) is 0 Å². The number of hydrogen-bond donors (Lipinski definition) is 0. The first-order valence-electron chi connectivity index (χ1n) is 6.42. The van der Waals surface area contributed by atoms with Crippen molar-refractivity contribution in [3.63, 3.8) is 0 Å². The Kier molecular flexibility index (Phi) is 4.21. The highest BCUT2D eigenvalue weighted by Crippen LogP contribution is 2.28. The fraction of sp³-hybridized carbons (Fsp3) is 0.692. The SMILES string of the molecule is CC(C)CN(c1ccnc(Cl)n1)C1CCCC1. The molecule has 0 radical (unpaired) electrons. The monoisotopic (exact) mass is 253 g/mol. The molecular formula is C13H20ClN3. The fourth-order valence-corrected chi connectivity index (χ4v) is 2.67. The first kappa shape index (κ1) is 12.6. The van der Waals surface area contributed by atoms with Gasteiger partial charge in [-0.05, 0) is 36.4 Å². The summed E-state index contributed by atoms with van der Waals surface area (Å²) in [6.07, 6.45) is 6.95. The second-order valence-corrected chi connectivity index (χ2v) is 5.51. The Balaban J connectivity index is 2.19. The predicted octanol–water partition coefficient (Wildman–Crippen LogP) is 3.54. The molecule has 0 bridgehead atoms. The van der Waals surface area contributed by atoms with E-state index in [0.29, 0.717) is 17.2 Å². The zero-order chi connectivity index (χ0) is 12.3. The molecule has 1 aliphatic carbocycles. The van der Waals surface area contributed by atoms with Crippen LogP contribution >= 0.6 is 11.6 Å². The minimum Gasteiger partial charge on any atom is -0.353 e. The second-order valence-electron chi connectivity index (χ2n) is 5.17. The predicted molar refractivity (Wildman–Crippen MR) is 71.5 cm³/mol. The lowest BCUT2D eigenvalue weighted by atomic mass is 10.1. The lowest BCUT2D eigenvalue weighted by Crippen LogP contribution is -2.37. The first-order valence-corrected chi connectivity index (χ1v) is 6.80. The van der Waals surface area contributed by atoms with Crippen molar-refractivity contribution in [2.75, 3.05) is 11.4 Å². The molecule has 94 valence electrons. The highest BCUT2D eigenvalue weighted by Gasteiger charge is 2.24. The van der Waals surface area contributed by atoms with Gasteiger partial charge in [-0.3, -0.25) is 0 Å². The quantitative estimate of drug-likeness (QED) is 0.769. The van der Waals surface area contributed by atoms with Crippen LogP contribution in [0, 0.1) is 5.92 Å². The van der Waals surface area contributed by atoms with Crippen LogP contribution in [0.25, 0.3) is 0 Å². The number of aromatic nitrogens is 2. The van der Waals surface area contributed by atoms with E-state index < -0.39 is 0 Å². The van der Waals surface area contributed by atoms with E-state index in [1.807, 2.05) is 6.07 Å². The van der Waals surface area contributed by atoms with E-state index in [9.17, 15) is 0 Å². The summed E-state index contributed by atoms with van der Waals surface area (Å²) in [7, 11) is 0. The molecule has 0 amide bonds. The highest BCUT2D eigenvalue weighted by molar-refractivity contribution is 6.28. The summed E-state index contributed by atoms with van der Waals surface area (Å²) in [5, 5.41) is 0.342. The number of anilines is 1. The summed E-state index contributed by atoms with van der Waals surface area (Å²) < 4.78 is 0. The molecule has 17 heavy (non-hydrogen) atoms. The molecule has 0 unspecified atom stereocenters. The van der Waals surface area contributed by atoms with E-state index in [0.717, 1.165) is 12.4 Å². The van der Waals surface area contributed by atoms with Gasteiger partial charge >= 0.3 is 0 Å². The third-order valence-electron chi connectivity index (χ3n) is 3.23. The van der Waals surface area contributed by atoms with Crippen LogP contribution in [0.3, 0.4) is 0 Å². The standard InChI is InChI=1S/C13H20ClN3/c1-10(2)9-17(11-5-3-4-6-11)12-7-8-15-13(14)16-12/h7-8,10-11H,3-6,9H2,1-2H3. The van der Waals surface area contributed by atoms with E-state index >= 15 is 0 Å². The summed E-state index contributed by atoms with van der Waals surface area (Å²) in [5.74, 6) is 1.61. The van der Waals surface area contributed by atoms with Gasteiger partial charge in [0.05, 0.1) is 0 Å². The normalized spacial score (nSPS) is 16.7. The van der Waals surface area contributed by atoms with Crippen molar-refractivity contribution in [1.82, 2.24) is 9.97 Å². The minimum absolute atomic E-state index is 0.342. The van der Waals surface area contributed by atoms with E-state index in [1.54, 1.807) is 6.20 Å². The maximum atomic E-state index is 5.88. The third kappa shape index (κ3) is 3.32. The van der Waals surface area contributed by atoms with Crippen LogP contribution < -0.4 is 4.90 Å². The molecule has 3 nitrogen and oxygen atoms in total. The molecule has 0 atom stereocenters. The Labute approximate surface area is 108 Å². The Bertz CT molecular complexity index is 361. The molecule has 1 aromatic heterocycles. The summed E-state index contributed by atoms with van der Waals surface area (Å²) in [4.78, 5) is 10.7. The van der Waals surface area contributed by atoms with Crippen molar-refractivity contribution in [2.24, 2.45) is 5.92 Å². The van der Waals surface area contributed by atoms with Gasteiger partial charge in [0.2, 0.25) is 5.28 Å². The van der Waals surface area contributed by atoms with Crippen LogP contribution in [0.15, 0.2) is 12.3 Å². The minimum atomic E-state index is 0.342. The average Bonchev–Trinajstić information content (AvgIpc) is 2.79. The molecule has 2 rings (SSSR count). The molecule has 1 fully saturated rings. The summed E-state index contributed by atoms with van der Waals surface area (Å²) >= 11 is 5.88. The van der Waals surface area contributed by atoms with Crippen molar-refractivity contribution < 1.29 is 0 Å². The van der Waals surface area contributed by atoms with Crippen LogP contribution in [-0.4, -0.2) is 22.6 Å². The van der Waals surface area contributed by atoms with Gasteiger partial charge in [0.1, 0.15) is 5.82 Å². The summed E-state index contributed by atoms with van der Waals surface area (Å²) in [6.45, 7) is 5.52. The van der Waals surface area contributed by atoms with Crippen LogP contribution in [0.1, 0.15) is 39.5 Å². The van der Waals surface area contributed by atoms with Gasteiger partial charge in [0.25, 0.3) is 0 Å².